The number of hydrazine groups is 1. The fourth-order valence-corrected chi connectivity index (χ4v) is 1.97. The molecule has 1 saturated heterocycles. The summed E-state index contributed by atoms with van der Waals surface area (Å²) < 4.78 is 0.873. The summed E-state index contributed by atoms with van der Waals surface area (Å²) in [6.45, 7) is 0.987. The first-order valence-corrected chi connectivity index (χ1v) is 5.19. The molecule has 1 aliphatic rings. The summed E-state index contributed by atoms with van der Waals surface area (Å²) in [4.78, 5) is 4.19. The van der Waals surface area contributed by atoms with Crippen LogP contribution < -0.4 is 5.84 Å². The van der Waals surface area contributed by atoms with Crippen LogP contribution in [-0.2, 0) is 0 Å². The zero-order chi connectivity index (χ0) is 9.26. The molecule has 1 atom stereocenters. The van der Waals surface area contributed by atoms with E-state index in [4.69, 9.17) is 5.84 Å². The average molecular weight is 242 g/mol. The van der Waals surface area contributed by atoms with Crippen molar-refractivity contribution in [3.8, 4) is 0 Å². The van der Waals surface area contributed by atoms with Crippen molar-refractivity contribution in [2.24, 2.45) is 5.84 Å². The minimum absolute atomic E-state index is 0.362. The maximum Gasteiger partial charge on any atom is 0.106 e. The van der Waals surface area contributed by atoms with E-state index in [0.717, 1.165) is 17.6 Å². The molecule has 4 heteroatoms. The van der Waals surface area contributed by atoms with E-state index in [9.17, 15) is 0 Å². The van der Waals surface area contributed by atoms with Crippen molar-refractivity contribution in [1.29, 1.82) is 0 Å². The summed E-state index contributed by atoms with van der Waals surface area (Å²) in [6.07, 6.45) is 4.21. The zero-order valence-electron chi connectivity index (χ0n) is 7.28. The van der Waals surface area contributed by atoms with Crippen LogP contribution in [0.1, 0.15) is 24.4 Å². The van der Waals surface area contributed by atoms with Gasteiger partial charge in [0, 0.05) is 12.7 Å². The lowest BCUT2D eigenvalue weighted by Gasteiger charge is -2.18. The molecule has 0 aromatic carbocycles. The second kappa shape index (κ2) is 3.74. The fraction of sp³-hybridized carbons (Fsp3) is 0.444. The van der Waals surface area contributed by atoms with Gasteiger partial charge in [0.05, 0.1) is 6.04 Å². The Morgan fingerprint density at radius 3 is 2.92 bits per heavy atom. The van der Waals surface area contributed by atoms with Crippen molar-refractivity contribution in [2.75, 3.05) is 6.54 Å². The topological polar surface area (TPSA) is 42.1 Å². The number of pyridine rings is 1. The van der Waals surface area contributed by atoms with Gasteiger partial charge in [0.1, 0.15) is 4.60 Å². The Balaban J connectivity index is 2.20. The third-order valence-corrected chi connectivity index (χ3v) is 2.90. The Kier molecular flexibility index (Phi) is 2.62. The summed E-state index contributed by atoms with van der Waals surface area (Å²) in [6, 6.07) is 4.40. The molecule has 0 spiro atoms. The third kappa shape index (κ3) is 1.90. The summed E-state index contributed by atoms with van der Waals surface area (Å²) in [5.74, 6) is 5.84. The lowest BCUT2D eigenvalue weighted by atomic mass is 10.1. The number of hydrogen-bond acceptors (Lipinski definition) is 3. The first-order chi connectivity index (χ1) is 6.27. The van der Waals surface area contributed by atoms with Crippen molar-refractivity contribution in [2.45, 2.75) is 18.9 Å². The predicted octanol–water partition coefficient (Wildman–Crippen LogP) is 1.85. The SMILES string of the molecule is NN1CCC[C@@H]1c1ccc(Br)nc1. The molecular weight excluding hydrogens is 230 g/mol. The van der Waals surface area contributed by atoms with Gasteiger partial charge < -0.3 is 0 Å². The van der Waals surface area contributed by atoms with E-state index in [1.54, 1.807) is 0 Å². The number of aromatic nitrogens is 1. The van der Waals surface area contributed by atoms with Crippen molar-refractivity contribution < 1.29 is 0 Å². The van der Waals surface area contributed by atoms with E-state index in [2.05, 4.69) is 27.0 Å². The second-order valence-electron chi connectivity index (χ2n) is 3.31. The Morgan fingerprint density at radius 1 is 1.54 bits per heavy atom. The van der Waals surface area contributed by atoms with Crippen LogP contribution in [0.2, 0.25) is 0 Å². The highest BCUT2D eigenvalue weighted by molar-refractivity contribution is 9.10. The van der Waals surface area contributed by atoms with Gasteiger partial charge >= 0.3 is 0 Å². The van der Waals surface area contributed by atoms with Crippen molar-refractivity contribution in [1.82, 2.24) is 9.99 Å². The smallest absolute Gasteiger partial charge is 0.106 e. The van der Waals surface area contributed by atoms with Crippen molar-refractivity contribution in [3.63, 3.8) is 0 Å². The number of nitrogens with zero attached hydrogens (tertiary/aromatic N) is 2. The first kappa shape index (κ1) is 9.12. The maximum absolute atomic E-state index is 5.84. The largest absolute Gasteiger partial charge is 0.268 e. The monoisotopic (exact) mass is 241 g/mol. The summed E-state index contributed by atoms with van der Waals surface area (Å²) in [5.41, 5.74) is 1.21. The minimum atomic E-state index is 0.362. The van der Waals surface area contributed by atoms with Crippen LogP contribution in [0.25, 0.3) is 0 Å². The van der Waals surface area contributed by atoms with Crippen LogP contribution in [0.15, 0.2) is 22.9 Å². The number of rotatable bonds is 1. The van der Waals surface area contributed by atoms with E-state index in [1.165, 1.54) is 12.0 Å². The molecule has 1 aliphatic heterocycles. The van der Waals surface area contributed by atoms with Gasteiger partial charge in [-0.3, -0.25) is 5.84 Å². The van der Waals surface area contributed by atoms with Crippen LogP contribution in [0, 0.1) is 0 Å². The van der Waals surface area contributed by atoms with Crippen LogP contribution in [0.5, 0.6) is 0 Å². The van der Waals surface area contributed by atoms with Crippen molar-refractivity contribution in [3.05, 3.63) is 28.5 Å². The van der Waals surface area contributed by atoms with Crippen LogP contribution in [0.3, 0.4) is 0 Å². The van der Waals surface area contributed by atoms with Crippen LogP contribution in [-0.4, -0.2) is 16.5 Å². The molecule has 2 heterocycles. The van der Waals surface area contributed by atoms with Gasteiger partial charge in [-0.25, -0.2) is 9.99 Å². The molecule has 0 radical (unpaired) electrons. The second-order valence-corrected chi connectivity index (χ2v) is 4.12. The molecule has 1 aromatic heterocycles. The maximum atomic E-state index is 5.84. The molecule has 2 rings (SSSR count). The average Bonchev–Trinajstić information content (AvgIpc) is 2.53. The number of nitrogens with two attached hydrogens (primary N) is 1. The van der Waals surface area contributed by atoms with E-state index >= 15 is 0 Å². The predicted molar refractivity (Wildman–Crippen MR) is 54.8 cm³/mol. The van der Waals surface area contributed by atoms with Crippen LogP contribution >= 0.6 is 15.9 Å². The van der Waals surface area contributed by atoms with Gasteiger partial charge in [0.25, 0.3) is 0 Å². The van der Waals surface area contributed by atoms with E-state index in [0.29, 0.717) is 6.04 Å². The van der Waals surface area contributed by atoms with E-state index < -0.39 is 0 Å². The molecule has 13 heavy (non-hydrogen) atoms. The van der Waals surface area contributed by atoms with E-state index in [1.807, 2.05) is 17.3 Å². The van der Waals surface area contributed by atoms with E-state index in [-0.39, 0.29) is 0 Å². The zero-order valence-corrected chi connectivity index (χ0v) is 8.87. The molecule has 1 fully saturated rings. The molecule has 0 saturated carbocycles. The summed E-state index contributed by atoms with van der Waals surface area (Å²) >= 11 is 3.31. The first-order valence-electron chi connectivity index (χ1n) is 4.40. The van der Waals surface area contributed by atoms with Gasteiger partial charge in [-0.15, -0.1) is 0 Å². The molecule has 2 N–H and O–H groups in total. The molecule has 3 nitrogen and oxygen atoms in total. The highest BCUT2D eigenvalue weighted by Gasteiger charge is 2.23. The third-order valence-electron chi connectivity index (χ3n) is 2.43. The molecule has 0 amide bonds. The fourth-order valence-electron chi connectivity index (χ4n) is 1.73. The van der Waals surface area contributed by atoms with Crippen LogP contribution in [0.4, 0.5) is 0 Å². The quantitative estimate of drug-likeness (QED) is 0.603. The molecule has 0 aliphatic carbocycles. The van der Waals surface area contributed by atoms with Gasteiger partial charge in [0.2, 0.25) is 0 Å². The standard InChI is InChI=1S/C9H12BrN3/c10-9-4-3-7(6-12-9)8-2-1-5-13(8)11/h3-4,6,8H,1-2,5,11H2/t8-/m1/s1. The van der Waals surface area contributed by atoms with Gasteiger partial charge in [-0.2, -0.15) is 0 Å². The lowest BCUT2D eigenvalue weighted by Crippen LogP contribution is -2.30. The Morgan fingerprint density at radius 2 is 2.38 bits per heavy atom. The van der Waals surface area contributed by atoms with Crippen molar-refractivity contribution >= 4 is 15.9 Å². The highest BCUT2D eigenvalue weighted by Crippen LogP contribution is 2.28. The number of halogens is 1. The minimum Gasteiger partial charge on any atom is -0.268 e. The lowest BCUT2D eigenvalue weighted by molar-refractivity contribution is 0.265. The molecule has 70 valence electrons. The highest BCUT2D eigenvalue weighted by atomic mass is 79.9. The van der Waals surface area contributed by atoms with Gasteiger partial charge in [0.15, 0.2) is 0 Å². The summed E-state index contributed by atoms with van der Waals surface area (Å²) in [7, 11) is 0. The molecule has 0 unspecified atom stereocenters. The Labute approximate surface area is 86.0 Å². The Bertz CT molecular complexity index is 285. The van der Waals surface area contributed by atoms with Gasteiger partial charge in [-0.05, 0) is 40.4 Å². The van der Waals surface area contributed by atoms with Gasteiger partial charge in [-0.1, -0.05) is 6.07 Å². The summed E-state index contributed by atoms with van der Waals surface area (Å²) in [5, 5.41) is 1.89. The number of hydrogen-bond donors (Lipinski definition) is 1. The molecule has 0 bridgehead atoms. The normalized spacial score (nSPS) is 23.7. The molecular formula is C9H12BrN3. The molecule has 1 aromatic rings. The Hall–Kier alpha value is -0.450.